The van der Waals surface area contributed by atoms with Gasteiger partial charge in [-0.1, -0.05) is 26.8 Å². The molecule has 2 unspecified atom stereocenters. The predicted octanol–water partition coefficient (Wildman–Crippen LogP) is 0.544. The number of carboxylic acids is 1. The van der Waals surface area contributed by atoms with E-state index in [1.54, 1.807) is 12.1 Å². The Morgan fingerprint density at radius 2 is 1.66 bits per heavy atom. The van der Waals surface area contributed by atoms with E-state index in [0.717, 1.165) is 0 Å². The number of benzene rings is 1. The molecule has 1 aromatic rings. The van der Waals surface area contributed by atoms with Gasteiger partial charge >= 0.3 is 17.8 Å². The fraction of sp³-hybridized carbons (Fsp3) is 0.429. The maximum absolute atomic E-state index is 12.4. The summed E-state index contributed by atoms with van der Waals surface area (Å²) in [5.41, 5.74) is 1.05. The maximum Gasteiger partial charge on any atom is 0.313 e. The number of carbonyl (C=O) groups is 6. The molecule has 0 radical (unpaired) electrons. The van der Waals surface area contributed by atoms with Crippen molar-refractivity contribution in [2.75, 3.05) is 10.6 Å². The van der Waals surface area contributed by atoms with Gasteiger partial charge in [-0.2, -0.15) is 0 Å². The van der Waals surface area contributed by atoms with Gasteiger partial charge in [-0.15, -0.1) is 0 Å². The number of carboxylic acid groups (broad SMARTS) is 1. The Hall–Kier alpha value is -3.76. The van der Waals surface area contributed by atoms with Crippen LogP contribution in [0.4, 0.5) is 11.4 Å². The third kappa shape index (κ3) is 8.17. The monoisotopic (exact) mass is 448 g/mol. The first-order valence-electron chi connectivity index (χ1n) is 9.76. The second kappa shape index (κ2) is 11.0. The van der Waals surface area contributed by atoms with Crippen molar-refractivity contribution in [3.05, 3.63) is 23.8 Å². The molecule has 0 aliphatic rings. The molecule has 4 amide bonds. The quantitative estimate of drug-likeness (QED) is 0.285. The summed E-state index contributed by atoms with van der Waals surface area (Å²) in [7, 11) is 0. The lowest BCUT2D eigenvalue weighted by molar-refractivity contribution is -0.139. The summed E-state index contributed by atoms with van der Waals surface area (Å²) in [4.78, 5) is 69.7. The highest BCUT2D eigenvalue weighted by Crippen LogP contribution is 2.31. The highest BCUT2D eigenvalue weighted by molar-refractivity contribution is 6.40. The standard InChI is InChI=1S/C21H28N4O7/c1-11(18(30)24-14(10-26)9-17(28)29)22-19(31)20(32)25-16-8-13(23-12(2)27)6-7-15(16)21(3,4)5/h6-8,10-11,14H,9H2,1-5H3,(H,22,31)(H,23,27)(H,24,30)(H,25,32)(H,28,29). The molecule has 174 valence electrons. The summed E-state index contributed by atoms with van der Waals surface area (Å²) in [5.74, 6) is -4.58. The Labute approximate surface area is 185 Å². The third-order valence-electron chi connectivity index (χ3n) is 4.23. The molecule has 11 heteroatoms. The first-order valence-corrected chi connectivity index (χ1v) is 9.76. The first kappa shape index (κ1) is 26.3. The second-order valence-electron chi connectivity index (χ2n) is 8.19. The minimum absolute atomic E-state index is 0.267. The van der Waals surface area contributed by atoms with Gasteiger partial charge in [-0.25, -0.2) is 0 Å². The van der Waals surface area contributed by atoms with E-state index >= 15 is 0 Å². The van der Waals surface area contributed by atoms with Crippen LogP contribution in [-0.4, -0.2) is 53.1 Å². The molecule has 2 atom stereocenters. The number of anilines is 2. The van der Waals surface area contributed by atoms with Gasteiger partial charge in [-0.05, 0) is 30.0 Å². The molecule has 1 aromatic carbocycles. The summed E-state index contributed by atoms with van der Waals surface area (Å²) in [5, 5.41) is 18.2. The fourth-order valence-corrected chi connectivity index (χ4v) is 2.72. The van der Waals surface area contributed by atoms with Crippen LogP contribution in [-0.2, 0) is 34.2 Å². The third-order valence-corrected chi connectivity index (χ3v) is 4.23. The summed E-state index contributed by atoms with van der Waals surface area (Å²) in [6.07, 6.45) is -0.347. The first-order chi connectivity index (χ1) is 14.7. The SMILES string of the molecule is CC(=O)Nc1ccc(C(C)(C)C)c(NC(=O)C(=O)NC(C)C(=O)NC(C=O)CC(=O)O)c1. The Kier molecular flexibility index (Phi) is 9.06. The second-order valence-corrected chi connectivity index (χ2v) is 8.19. The predicted molar refractivity (Wildman–Crippen MR) is 116 cm³/mol. The van der Waals surface area contributed by atoms with E-state index < -0.39 is 47.6 Å². The van der Waals surface area contributed by atoms with Crippen molar-refractivity contribution in [3.8, 4) is 0 Å². The van der Waals surface area contributed by atoms with Crippen molar-refractivity contribution in [1.82, 2.24) is 10.6 Å². The minimum atomic E-state index is -1.28. The molecule has 0 heterocycles. The van der Waals surface area contributed by atoms with E-state index in [0.29, 0.717) is 16.9 Å². The fourth-order valence-electron chi connectivity index (χ4n) is 2.72. The van der Waals surface area contributed by atoms with E-state index in [4.69, 9.17) is 5.11 Å². The van der Waals surface area contributed by atoms with Gasteiger partial charge in [0.25, 0.3) is 0 Å². The Morgan fingerprint density at radius 1 is 1.03 bits per heavy atom. The summed E-state index contributed by atoms with van der Waals surface area (Å²) >= 11 is 0. The number of nitrogens with one attached hydrogen (secondary N) is 4. The van der Waals surface area contributed by atoms with Crippen LogP contribution in [0.2, 0.25) is 0 Å². The molecule has 5 N–H and O–H groups in total. The summed E-state index contributed by atoms with van der Waals surface area (Å²) in [6.45, 7) is 8.33. The van der Waals surface area contributed by atoms with E-state index in [2.05, 4.69) is 21.3 Å². The van der Waals surface area contributed by atoms with E-state index in [9.17, 15) is 28.8 Å². The molecule has 0 saturated heterocycles. The molecule has 0 aliphatic heterocycles. The number of hydrogen-bond donors (Lipinski definition) is 5. The minimum Gasteiger partial charge on any atom is -0.481 e. The van der Waals surface area contributed by atoms with Gasteiger partial charge in [0.05, 0.1) is 12.5 Å². The van der Waals surface area contributed by atoms with Crippen molar-refractivity contribution in [2.24, 2.45) is 0 Å². The van der Waals surface area contributed by atoms with E-state index in [-0.39, 0.29) is 12.2 Å². The topological polar surface area (TPSA) is 171 Å². The zero-order chi connectivity index (χ0) is 24.6. The van der Waals surface area contributed by atoms with E-state index in [1.807, 2.05) is 20.8 Å². The molecule has 0 bridgehead atoms. The van der Waals surface area contributed by atoms with Crippen molar-refractivity contribution >= 4 is 47.3 Å². The van der Waals surface area contributed by atoms with Crippen LogP contribution in [0, 0.1) is 0 Å². The van der Waals surface area contributed by atoms with Crippen LogP contribution in [0.25, 0.3) is 0 Å². The largest absolute Gasteiger partial charge is 0.481 e. The number of hydrogen-bond acceptors (Lipinski definition) is 6. The molecule has 0 aliphatic carbocycles. The maximum atomic E-state index is 12.4. The van der Waals surface area contributed by atoms with Gasteiger partial charge in [0, 0.05) is 18.3 Å². The Bertz CT molecular complexity index is 921. The van der Waals surface area contributed by atoms with Crippen LogP contribution >= 0.6 is 0 Å². The summed E-state index contributed by atoms with van der Waals surface area (Å²) in [6, 6.07) is 2.43. The van der Waals surface area contributed by atoms with Gasteiger partial charge in [0.2, 0.25) is 11.8 Å². The lowest BCUT2D eigenvalue weighted by Crippen LogP contribution is -2.51. The van der Waals surface area contributed by atoms with Crippen LogP contribution in [0.1, 0.15) is 46.6 Å². The van der Waals surface area contributed by atoms with Gasteiger partial charge in [-0.3, -0.25) is 24.0 Å². The molecule has 0 saturated carbocycles. The number of carbonyl (C=O) groups excluding carboxylic acids is 5. The zero-order valence-corrected chi connectivity index (χ0v) is 18.6. The smallest absolute Gasteiger partial charge is 0.313 e. The van der Waals surface area contributed by atoms with Crippen LogP contribution in [0.5, 0.6) is 0 Å². The van der Waals surface area contributed by atoms with Crippen molar-refractivity contribution in [3.63, 3.8) is 0 Å². The lowest BCUT2D eigenvalue weighted by atomic mass is 9.85. The average Bonchev–Trinajstić information content (AvgIpc) is 2.65. The van der Waals surface area contributed by atoms with E-state index in [1.165, 1.54) is 19.9 Å². The van der Waals surface area contributed by atoms with Crippen LogP contribution < -0.4 is 21.3 Å². The summed E-state index contributed by atoms with van der Waals surface area (Å²) < 4.78 is 0. The molecule has 0 aromatic heterocycles. The Balaban J connectivity index is 2.91. The van der Waals surface area contributed by atoms with Crippen molar-refractivity contribution < 1.29 is 33.9 Å². The average molecular weight is 448 g/mol. The number of amides is 4. The highest BCUT2D eigenvalue weighted by atomic mass is 16.4. The highest BCUT2D eigenvalue weighted by Gasteiger charge is 2.25. The molecular formula is C21H28N4O7. The molecule has 32 heavy (non-hydrogen) atoms. The number of aldehydes is 1. The van der Waals surface area contributed by atoms with Crippen LogP contribution in [0.15, 0.2) is 18.2 Å². The van der Waals surface area contributed by atoms with Crippen LogP contribution in [0.3, 0.4) is 0 Å². The Morgan fingerprint density at radius 3 is 2.16 bits per heavy atom. The zero-order valence-electron chi connectivity index (χ0n) is 18.6. The van der Waals surface area contributed by atoms with Gasteiger partial charge < -0.3 is 31.2 Å². The number of rotatable bonds is 8. The molecular weight excluding hydrogens is 420 g/mol. The molecule has 11 nitrogen and oxygen atoms in total. The number of aliphatic carboxylic acids is 1. The molecule has 1 rings (SSSR count). The van der Waals surface area contributed by atoms with Crippen molar-refractivity contribution in [1.29, 1.82) is 0 Å². The molecule has 0 spiro atoms. The molecule has 0 fully saturated rings. The van der Waals surface area contributed by atoms with Crippen molar-refractivity contribution in [2.45, 2.75) is 58.5 Å². The normalized spacial score (nSPS) is 12.7. The lowest BCUT2D eigenvalue weighted by Gasteiger charge is -2.24. The van der Waals surface area contributed by atoms with Gasteiger partial charge in [0.15, 0.2) is 0 Å². The van der Waals surface area contributed by atoms with Gasteiger partial charge in [0.1, 0.15) is 12.3 Å².